The topological polar surface area (TPSA) is 51.1 Å². The molecule has 0 aromatic rings. The molecule has 0 saturated carbocycles. The summed E-state index contributed by atoms with van der Waals surface area (Å²) in [5.41, 5.74) is -0.580. The fourth-order valence-corrected chi connectivity index (χ4v) is 3.08. The van der Waals surface area contributed by atoms with Gasteiger partial charge in [0.2, 0.25) is 0 Å². The average Bonchev–Trinajstić information content (AvgIpc) is 2.85. The number of hydrazone groups is 1. The Morgan fingerprint density at radius 3 is 2.62 bits per heavy atom. The number of ether oxygens (including phenoxy) is 2. The Bertz CT molecular complexity index is 367. The fraction of sp³-hybridized carbons (Fsp3) is 0.875. The normalized spacial score (nSPS) is 21.3. The monoisotopic (exact) mass is 298 g/mol. The van der Waals surface area contributed by atoms with Crippen molar-refractivity contribution in [1.82, 2.24) is 5.01 Å². The quantitative estimate of drug-likeness (QED) is 0.535. The van der Waals surface area contributed by atoms with Crippen molar-refractivity contribution >= 4 is 12.2 Å². The number of nitrogens with zero attached hydrogens (tertiary/aromatic N) is 2. The van der Waals surface area contributed by atoms with E-state index < -0.39 is 5.41 Å². The number of esters is 1. The summed E-state index contributed by atoms with van der Waals surface area (Å²) in [7, 11) is 3.16. The molecule has 1 saturated heterocycles. The van der Waals surface area contributed by atoms with Gasteiger partial charge in [0, 0.05) is 25.8 Å². The summed E-state index contributed by atoms with van der Waals surface area (Å²) < 4.78 is 10.2. The SMILES string of the molecule is COC[C@@H]1CCCN1/N=C/[C@H](C(C)C)C(C)(C)C(=O)OC. The second-order valence-electron chi connectivity index (χ2n) is 6.66. The van der Waals surface area contributed by atoms with Crippen molar-refractivity contribution in [1.29, 1.82) is 0 Å². The van der Waals surface area contributed by atoms with Crippen LogP contribution in [0, 0.1) is 17.3 Å². The van der Waals surface area contributed by atoms with Gasteiger partial charge in [-0.2, -0.15) is 5.10 Å². The van der Waals surface area contributed by atoms with E-state index in [0.717, 1.165) is 19.4 Å². The van der Waals surface area contributed by atoms with Crippen LogP contribution < -0.4 is 0 Å². The van der Waals surface area contributed by atoms with E-state index in [1.54, 1.807) is 7.11 Å². The molecule has 1 fully saturated rings. The first-order valence-electron chi connectivity index (χ1n) is 7.72. The molecule has 21 heavy (non-hydrogen) atoms. The van der Waals surface area contributed by atoms with E-state index in [-0.39, 0.29) is 11.9 Å². The number of hydrogen-bond acceptors (Lipinski definition) is 5. The Labute approximate surface area is 128 Å². The van der Waals surface area contributed by atoms with E-state index in [4.69, 9.17) is 9.47 Å². The standard InChI is InChI=1S/C16H30N2O3/c1-12(2)14(16(3,4)15(19)21-6)10-17-18-9-7-8-13(18)11-20-5/h10,12-14H,7-9,11H2,1-6H3/b17-10+/t13-,14+/m0/s1. The zero-order valence-corrected chi connectivity index (χ0v) is 14.3. The van der Waals surface area contributed by atoms with Crippen molar-refractivity contribution in [3.05, 3.63) is 0 Å². The Morgan fingerprint density at radius 2 is 2.10 bits per heavy atom. The lowest BCUT2D eigenvalue weighted by molar-refractivity contribution is -0.153. The number of methoxy groups -OCH3 is 2. The van der Waals surface area contributed by atoms with Crippen molar-refractivity contribution in [2.45, 2.75) is 46.6 Å². The van der Waals surface area contributed by atoms with Crippen molar-refractivity contribution in [2.24, 2.45) is 22.4 Å². The zero-order valence-electron chi connectivity index (χ0n) is 14.3. The van der Waals surface area contributed by atoms with Crippen molar-refractivity contribution in [2.75, 3.05) is 27.4 Å². The van der Waals surface area contributed by atoms with E-state index >= 15 is 0 Å². The third kappa shape index (κ3) is 4.43. The minimum Gasteiger partial charge on any atom is -0.469 e. The number of hydrogen-bond donors (Lipinski definition) is 0. The van der Waals surface area contributed by atoms with Crippen LogP contribution >= 0.6 is 0 Å². The molecule has 0 aromatic heterocycles. The largest absolute Gasteiger partial charge is 0.469 e. The van der Waals surface area contributed by atoms with Crippen LogP contribution in [0.5, 0.6) is 0 Å². The summed E-state index contributed by atoms with van der Waals surface area (Å²) in [6, 6.07) is 0.348. The summed E-state index contributed by atoms with van der Waals surface area (Å²) in [6.45, 7) is 9.71. The summed E-state index contributed by atoms with van der Waals surface area (Å²) in [6.07, 6.45) is 4.17. The van der Waals surface area contributed by atoms with Gasteiger partial charge >= 0.3 is 5.97 Å². The lowest BCUT2D eigenvalue weighted by Crippen LogP contribution is -2.38. The maximum absolute atomic E-state index is 12.0. The van der Waals surface area contributed by atoms with Gasteiger partial charge < -0.3 is 9.47 Å². The lowest BCUT2D eigenvalue weighted by Gasteiger charge is -2.32. The third-order valence-electron chi connectivity index (χ3n) is 4.34. The van der Waals surface area contributed by atoms with Crippen LogP contribution in [0.25, 0.3) is 0 Å². The lowest BCUT2D eigenvalue weighted by atomic mass is 9.73. The predicted molar refractivity (Wildman–Crippen MR) is 84.2 cm³/mol. The van der Waals surface area contributed by atoms with Crippen LogP contribution in [-0.4, -0.2) is 50.6 Å². The highest BCUT2D eigenvalue weighted by molar-refractivity contribution is 5.81. The van der Waals surface area contributed by atoms with Crippen LogP contribution in [0.1, 0.15) is 40.5 Å². The van der Waals surface area contributed by atoms with Crippen LogP contribution in [-0.2, 0) is 14.3 Å². The average molecular weight is 298 g/mol. The van der Waals surface area contributed by atoms with E-state index in [1.165, 1.54) is 7.11 Å². The van der Waals surface area contributed by atoms with Gasteiger partial charge in [-0.1, -0.05) is 13.8 Å². The molecular weight excluding hydrogens is 268 g/mol. The van der Waals surface area contributed by atoms with Crippen molar-refractivity contribution in [3.63, 3.8) is 0 Å². The molecule has 0 amide bonds. The minimum atomic E-state index is -0.580. The molecule has 122 valence electrons. The summed E-state index contributed by atoms with van der Waals surface area (Å²) in [4.78, 5) is 12.0. The highest BCUT2D eigenvalue weighted by Crippen LogP contribution is 2.33. The summed E-state index contributed by atoms with van der Waals surface area (Å²) in [5.74, 6) is 0.155. The van der Waals surface area contributed by atoms with Gasteiger partial charge in [-0.25, -0.2) is 0 Å². The van der Waals surface area contributed by atoms with Crippen LogP contribution in [0.2, 0.25) is 0 Å². The molecule has 0 aliphatic carbocycles. The molecule has 0 aromatic carbocycles. The molecule has 0 radical (unpaired) electrons. The molecular formula is C16H30N2O3. The van der Waals surface area contributed by atoms with Gasteiger partial charge in [-0.15, -0.1) is 0 Å². The third-order valence-corrected chi connectivity index (χ3v) is 4.34. The van der Waals surface area contributed by atoms with Gasteiger partial charge in [0.05, 0.1) is 25.2 Å². The molecule has 5 nitrogen and oxygen atoms in total. The first-order chi connectivity index (χ1) is 9.84. The molecule has 1 heterocycles. The maximum Gasteiger partial charge on any atom is 0.311 e. The van der Waals surface area contributed by atoms with Crippen molar-refractivity contribution < 1.29 is 14.3 Å². The number of carbonyl (C=O) groups excluding carboxylic acids is 1. The Kier molecular flexibility index (Phi) is 6.65. The number of rotatable bonds is 7. The fourth-order valence-electron chi connectivity index (χ4n) is 3.08. The Morgan fingerprint density at radius 1 is 1.43 bits per heavy atom. The molecule has 1 aliphatic rings. The molecule has 0 bridgehead atoms. The van der Waals surface area contributed by atoms with Gasteiger partial charge in [0.15, 0.2) is 0 Å². The molecule has 0 spiro atoms. The second-order valence-corrected chi connectivity index (χ2v) is 6.66. The van der Waals surface area contributed by atoms with Crippen LogP contribution in [0.15, 0.2) is 5.10 Å². The van der Waals surface area contributed by atoms with E-state index in [2.05, 4.69) is 24.0 Å². The molecule has 0 N–H and O–H groups in total. The highest BCUT2D eigenvalue weighted by atomic mass is 16.5. The predicted octanol–water partition coefficient (Wildman–Crippen LogP) is 2.55. The van der Waals surface area contributed by atoms with Gasteiger partial charge in [0.1, 0.15) is 0 Å². The highest BCUT2D eigenvalue weighted by Gasteiger charge is 2.39. The molecule has 5 heteroatoms. The minimum absolute atomic E-state index is 0.0359. The maximum atomic E-state index is 12.0. The van der Waals surface area contributed by atoms with Crippen LogP contribution in [0.4, 0.5) is 0 Å². The zero-order chi connectivity index (χ0) is 16.0. The molecule has 1 rings (SSSR count). The molecule has 2 atom stereocenters. The second kappa shape index (κ2) is 7.78. The number of carbonyl (C=O) groups is 1. The molecule has 1 aliphatic heterocycles. The Balaban J connectivity index is 2.83. The molecule has 0 unspecified atom stereocenters. The summed E-state index contributed by atoms with van der Waals surface area (Å²) >= 11 is 0. The van der Waals surface area contributed by atoms with E-state index in [9.17, 15) is 4.79 Å². The van der Waals surface area contributed by atoms with Crippen LogP contribution in [0.3, 0.4) is 0 Å². The first-order valence-corrected chi connectivity index (χ1v) is 7.72. The first kappa shape index (κ1) is 18.0. The van der Waals surface area contributed by atoms with Crippen molar-refractivity contribution in [3.8, 4) is 0 Å². The smallest absolute Gasteiger partial charge is 0.311 e. The summed E-state index contributed by atoms with van der Waals surface area (Å²) in [5, 5.41) is 6.74. The van der Waals surface area contributed by atoms with Gasteiger partial charge in [0.25, 0.3) is 0 Å². The van der Waals surface area contributed by atoms with Gasteiger partial charge in [-0.3, -0.25) is 9.80 Å². The Hall–Kier alpha value is -1.10. The van der Waals surface area contributed by atoms with E-state index in [1.807, 2.05) is 20.1 Å². The van der Waals surface area contributed by atoms with E-state index in [0.29, 0.717) is 18.6 Å². The van der Waals surface area contributed by atoms with Gasteiger partial charge in [-0.05, 0) is 32.6 Å².